The van der Waals surface area contributed by atoms with E-state index in [4.69, 9.17) is 4.74 Å². The Kier molecular flexibility index (Phi) is 4.71. The molecular formula is C24H28O2. The zero-order valence-electron chi connectivity index (χ0n) is 15.9. The van der Waals surface area contributed by atoms with Crippen molar-refractivity contribution in [3.63, 3.8) is 0 Å². The first-order chi connectivity index (χ1) is 12.7. The van der Waals surface area contributed by atoms with Crippen LogP contribution >= 0.6 is 0 Å². The van der Waals surface area contributed by atoms with Crippen LogP contribution in [0.3, 0.4) is 0 Å². The van der Waals surface area contributed by atoms with Crippen LogP contribution in [0.2, 0.25) is 0 Å². The molecule has 4 rings (SSSR count). The number of carbonyl (C=O) groups excluding carboxylic acids is 1. The van der Waals surface area contributed by atoms with Crippen LogP contribution in [0.15, 0.2) is 48.1 Å². The van der Waals surface area contributed by atoms with Gasteiger partial charge in [0.2, 0.25) is 0 Å². The number of hydrogen-bond donors (Lipinski definition) is 0. The summed E-state index contributed by atoms with van der Waals surface area (Å²) in [7, 11) is 1.79. The molecule has 0 atom stereocenters. The fraction of sp³-hybridized carbons (Fsp3) is 0.458. The van der Waals surface area contributed by atoms with E-state index in [0.717, 1.165) is 50.5 Å². The minimum absolute atomic E-state index is 0.168. The van der Waals surface area contributed by atoms with Gasteiger partial charge in [-0.05, 0) is 67.7 Å². The third-order valence-electron chi connectivity index (χ3n) is 6.58. The second kappa shape index (κ2) is 7.00. The summed E-state index contributed by atoms with van der Waals surface area (Å²) >= 11 is 0. The number of rotatable bonds is 3. The third kappa shape index (κ3) is 2.91. The van der Waals surface area contributed by atoms with Crippen LogP contribution in [-0.2, 0) is 11.2 Å². The SMILES string of the molecule is CCC1=C(c2ccc3c(c2)C(=O)C2(CCC(OC)CC2)C3)C=CC=CC1. The van der Waals surface area contributed by atoms with Crippen molar-refractivity contribution in [2.75, 3.05) is 7.11 Å². The molecule has 2 nitrogen and oxygen atoms in total. The Hall–Kier alpha value is -1.93. The largest absolute Gasteiger partial charge is 0.381 e. The molecule has 0 bridgehead atoms. The van der Waals surface area contributed by atoms with Crippen LogP contribution < -0.4 is 0 Å². The minimum Gasteiger partial charge on any atom is -0.381 e. The van der Waals surface area contributed by atoms with Crippen LogP contribution in [-0.4, -0.2) is 19.0 Å². The van der Waals surface area contributed by atoms with E-state index in [1.54, 1.807) is 7.11 Å². The highest BCUT2D eigenvalue weighted by Gasteiger charge is 2.47. The molecule has 3 aliphatic carbocycles. The molecule has 0 amide bonds. The van der Waals surface area contributed by atoms with Gasteiger partial charge in [0.05, 0.1) is 6.10 Å². The zero-order valence-corrected chi connectivity index (χ0v) is 15.9. The van der Waals surface area contributed by atoms with E-state index in [0.29, 0.717) is 11.9 Å². The summed E-state index contributed by atoms with van der Waals surface area (Å²) < 4.78 is 5.51. The summed E-state index contributed by atoms with van der Waals surface area (Å²) in [6, 6.07) is 6.58. The van der Waals surface area contributed by atoms with Crippen molar-refractivity contribution < 1.29 is 9.53 Å². The van der Waals surface area contributed by atoms with Gasteiger partial charge in [0.15, 0.2) is 5.78 Å². The summed E-state index contributed by atoms with van der Waals surface area (Å²) in [6.45, 7) is 2.21. The Morgan fingerprint density at radius 1 is 1.19 bits per heavy atom. The normalized spacial score (nSPS) is 27.9. The van der Waals surface area contributed by atoms with E-state index >= 15 is 0 Å². The molecule has 0 saturated heterocycles. The monoisotopic (exact) mass is 348 g/mol. The van der Waals surface area contributed by atoms with Gasteiger partial charge in [-0.3, -0.25) is 4.79 Å². The van der Waals surface area contributed by atoms with Crippen molar-refractivity contribution in [3.8, 4) is 0 Å². The fourth-order valence-corrected chi connectivity index (χ4v) is 4.93. The van der Waals surface area contributed by atoms with Crippen molar-refractivity contribution in [1.29, 1.82) is 0 Å². The molecule has 0 radical (unpaired) electrons. The van der Waals surface area contributed by atoms with Gasteiger partial charge in [0, 0.05) is 18.1 Å². The molecule has 1 saturated carbocycles. The van der Waals surface area contributed by atoms with E-state index in [1.807, 2.05) is 0 Å². The van der Waals surface area contributed by atoms with Gasteiger partial charge >= 0.3 is 0 Å². The van der Waals surface area contributed by atoms with Gasteiger partial charge in [0.1, 0.15) is 0 Å². The fourth-order valence-electron chi connectivity index (χ4n) is 4.93. The van der Waals surface area contributed by atoms with Crippen LogP contribution in [0.5, 0.6) is 0 Å². The lowest BCUT2D eigenvalue weighted by atomic mass is 9.70. The highest BCUT2D eigenvalue weighted by Crippen LogP contribution is 2.48. The van der Waals surface area contributed by atoms with Crippen LogP contribution in [0.1, 0.15) is 66.9 Å². The molecule has 0 aliphatic heterocycles. The molecule has 3 aliphatic rings. The lowest BCUT2D eigenvalue weighted by Gasteiger charge is -2.35. The number of Topliss-reactive ketones (excluding diaryl/α,β-unsaturated/α-hetero) is 1. The maximum Gasteiger partial charge on any atom is 0.169 e. The van der Waals surface area contributed by atoms with Gasteiger partial charge in [0.25, 0.3) is 0 Å². The van der Waals surface area contributed by atoms with Crippen LogP contribution in [0.4, 0.5) is 0 Å². The van der Waals surface area contributed by atoms with Gasteiger partial charge in [-0.25, -0.2) is 0 Å². The van der Waals surface area contributed by atoms with Crippen LogP contribution in [0, 0.1) is 5.41 Å². The van der Waals surface area contributed by atoms with Crippen molar-refractivity contribution in [1.82, 2.24) is 0 Å². The molecule has 1 aromatic rings. The number of allylic oxidation sites excluding steroid dienone is 6. The third-order valence-corrected chi connectivity index (χ3v) is 6.58. The van der Waals surface area contributed by atoms with Gasteiger partial charge < -0.3 is 4.74 Å². The number of benzene rings is 1. The molecule has 0 N–H and O–H groups in total. The van der Waals surface area contributed by atoms with E-state index in [9.17, 15) is 4.79 Å². The molecule has 1 fully saturated rings. The van der Waals surface area contributed by atoms with E-state index in [-0.39, 0.29) is 5.41 Å². The molecule has 2 heteroatoms. The number of methoxy groups -OCH3 is 1. The summed E-state index contributed by atoms with van der Waals surface area (Å²) in [4.78, 5) is 13.3. The summed E-state index contributed by atoms with van der Waals surface area (Å²) in [5, 5.41) is 0. The predicted octanol–water partition coefficient (Wildman–Crippen LogP) is 5.68. The summed E-state index contributed by atoms with van der Waals surface area (Å²) in [6.07, 6.45) is 15.8. The van der Waals surface area contributed by atoms with Gasteiger partial charge in [-0.15, -0.1) is 0 Å². The number of carbonyl (C=O) groups is 1. The number of ether oxygens (including phenoxy) is 1. The van der Waals surface area contributed by atoms with E-state index < -0.39 is 0 Å². The Morgan fingerprint density at radius 3 is 2.73 bits per heavy atom. The molecule has 0 heterocycles. The molecule has 0 aromatic heterocycles. The van der Waals surface area contributed by atoms with Gasteiger partial charge in [-0.1, -0.05) is 48.9 Å². The second-order valence-corrected chi connectivity index (χ2v) is 7.96. The number of fused-ring (bicyclic) bond motifs is 1. The molecule has 0 unspecified atom stereocenters. The first kappa shape index (κ1) is 17.5. The smallest absolute Gasteiger partial charge is 0.169 e. The lowest BCUT2D eigenvalue weighted by Crippen LogP contribution is -2.35. The van der Waals surface area contributed by atoms with Crippen LogP contribution in [0.25, 0.3) is 5.57 Å². The topological polar surface area (TPSA) is 26.3 Å². The summed E-state index contributed by atoms with van der Waals surface area (Å²) in [5.74, 6) is 0.373. The van der Waals surface area contributed by atoms with Crippen molar-refractivity contribution in [2.24, 2.45) is 5.41 Å². The van der Waals surface area contributed by atoms with E-state index in [1.165, 1.54) is 22.3 Å². The molecule has 1 aromatic carbocycles. The van der Waals surface area contributed by atoms with Crippen molar-refractivity contribution in [2.45, 2.75) is 58.0 Å². The molecule has 1 spiro atoms. The van der Waals surface area contributed by atoms with Crippen molar-refractivity contribution >= 4 is 11.4 Å². The highest BCUT2D eigenvalue weighted by atomic mass is 16.5. The zero-order chi connectivity index (χ0) is 18.1. The van der Waals surface area contributed by atoms with Gasteiger partial charge in [-0.2, -0.15) is 0 Å². The second-order valence-electron chi connectivity index (χ2n) is 7.96. The number of hydrogen-bond acceptors (Lipinski definition) is 2. The predicted molar refractivity (Wildman–Crippen MR) is 106 cm³/mol. The Morgan fingerprint density at radius 2 is 2.00 bits per heavy atom. The maximum atomic E-state index is 13.3. The summed E-state index contributed by atoms with van der Waals surface area (Å²) in [5.41, 5.74) is 5.96. The lowest BCUT2D eigenvalue weighted by molar-refractivity contribution is 0.0285. The first-order valence-electron chi connectivity index (χ1n) is 9.93. The Balaban J connectivity index is 1.66. The molecule has 136 valence electrons. The standard InChI is InChI=1S/C24H28O2/c1-3-17-7-5-4-6-8-21(17)18-9-10-19-16-24(23(25)22(19)15-18)13-11-20(26-2)12-14-24/h4-6,8-10,15,20H,3,7,11-14,16H2,1-2H3. The average molecular weight is 348 g/mol. The maximum absolute atomic E-state index is 13.3. The highest BCUT2D eigenvalue weighted by molar-refractivity contribution is 6.05. The molecule has 26 heavy (non-hydrogen) atoms. The Labute approximate surface area is 156 Å². The van der Waals surface area contributed by atoms with E-state index in [2.05, 4.69) is 49.4 Å². The number of ketones is 1. The average Bonchev–Trinajstić information content (AvgIpc) is 2.83. The molecular weight excluding hydrogens is 320 g/mol. The van der Waals surface area contributed by atoms with Crippen molar-refractivity contribution in [3.05, 3.63) is 64.8 Å². The quantitative estimate of drug-likeness (QED) is 0.702. The minimum atomic E-state index is -0.168. The first-order valence-corrected chi connectivity index (χ1v) is 9.93. The Bertz CT molecular complexity index is 801.